The van der Waals surface area contributed by atoms with Crippen LogP contribution in [0.15, 0.2) is 16.5 Å². The van der Waals surface area contributed by atoms with E-state index in [1.807, 2.05) is 25.1 Å². The van der Waals surface area contributed by atoms with Crippen molar-refractivity contribution in [2.75, 3.05) is 19.0 Å². The van der Waals surface area contributed by atoms with Crippen molar-refractivity contribution in [1.82, 2.24) is 15.6 Å². The van der Waals surface area contributed by atoms with Crippen LogP contribution in [0.4, 0.5) is 5.13 Å². The number of hydrogen-bond acceptors (Lipinski definition) is 8. The van der Waals surface area contributed by atoms with Crippen molar-refractivity contribution in [3.05, 3.63) is 21.9 Å². The van der Waals surface area contributed by atoms with Crippen LogP contribution in [0.1, 0.15) is 14.5 Å². The molecule has 0 spiro atoms. The van der Waals surface area contributed by atoms with Gasteiger partial charge in [0.2, 0.25) is 5.13 Å². The fraction of sp³-hybridized carbons (Fsp3) is 0.300. The maximum Gasteiger partial charge on any atom is 0.275 e. The Kier molecular flexibility index (Phi) is 4.75. The number of aromatic nitrogens is 2. The molecule has 2 aromatic heterocycles. The molecular weight excluding hydrogens is 302 g/mol. The Bertz CT molecular complexity index is 565. The van der Waals surface area contributed by atoms with E-state index in [-0.39, 0.29) is 5.91 Å². The first-order valence-electron chi connectivity index (χ1n) is 5.33. The molecule has 0 atom stereocenters. The number of carbonyl (C=O) groups excluding carboxylic acids is 1. The lowest BCUT2D eigenvalue weighted by Gasteiger charge is -2.03. The molecular formula is C10H13N5OS3. The molecule has 2 rings (SSSR count). The summed E-state index contributed by atoms with van der Waals surface area (Å²) in [6.45, 7) is 0. The zero-order valence-electron chi connectivity index (χ0n) is 10.4. The number of anilines is 1. The van der Waals surface area contributed by atoms with Gasteiger partial charge in [0.15, 0.2) is 4.34 Å². The normalized spacial score (nSPS) is 10.5. The molecule has 0 bridgehead atoms. The van der Waals surface area contributed by atoms with Gasteiger partial charge in [-0.25, -0.2) is 5.84 Å². The van der Waals surface area contributed by atoms with E-state index in [1.165, 1.54) is 11.3 Å². The van der Waals surface area contributed by atoms with Gasteiger partial charge in [-0.1, -0.05) is 23.1 Å². The lowest BCUT2D eigenvalue weighted by molar-refractivity contribution is 0.0957. The minimum Gasteiger partial charge on any atom is -0.353 e. The van der Waals surface area contributed by atoms with Crippen LogP contribution in [-0.2, 0) is 5.75 Å². The summed E-state index contributed by atoms with van der Waals surface area (Å²) < 4.78 is 0.918. The fourth-order valence-corrected chi connectivity index (χ4v) is 3.94. The number of nitrogens with two attached hydrogens (primary N) is 1. The molecule has 6 nitrogen and oxygen atoms in total. The Labute approximate surface area is 123 Å². The van der Waals surface area contributed by atoms with Crippen molar-refractivity contribution in [3.8, 4) is 0 Å². The second-order valence-corrected chi connectivity index (χ2v) is 7.12. The second kappa shape index (κ2) is 6.33. The van der Waals surface area contributed by atoms with E-state index in [2.05, 4.69) is 15.6 Å². The van der Waals surface area contributed by atoms with Crippen molar-refractivity contribution in [1.29, 1.82) is 0 Å². The van der Waals surface area contributed by atoms with Crippen molar-refractivity contribution in [2.45, 2.75) is 10.1 Å². The Morgan fingerprint density at radius 2 is 2.21 bits per heavy atom. The Morgan fingerprint density at radius 3 is 2.84 bits per heavy atom. The van der Waals surface area contributed by atoms with Crippen LogP contribution < -0.4 is 16.2 Å². The van der Waals surface area contributed by atoms with Crippen LogP contribution in [0.2, 0.25) is 0 Å². The van der Waals surface area contributed by atoms with E-state index in [0.717, 1.165) is 20.1 Å². The average molecular weight is 315 g/mol. The monoisotopic (exact) mass is 315 g/mol. The van der Waals surface area contributed by atoms with Crippen LogP contribution in [0.3, 0.4) is 0 Å². The first-order chi connectivity index (χ1) is 9.10. The Balaban J connectivity index is 1.94. The first kappa shape index (κ1) is 14.3. The SMILES string of the molecule is CN(C)c1nnc(SCc2ccc(C(=O)NN)s2)s1. The van der Waals surface area contributed by atoms with Crippen LogP contribution in [0, 0.1) is 0 Å². The highest BCUT2D eigenvalue weighted by Crippen LogP contribution is 2.31. The summed E-state index contributed by atoms with van der Waals surface area (Å²) in [6, 6.07) is 3.70. The molecule has 1 amide bonds. The Morgan fingerprint density at radius 1 is 1.42 bits per heavy atom. The largest absolute Gasteiger partial charge is 0.353 e. The predicted molar refractivity (Wildman–Crippen MR) is 79.8 cm³/mol. The number of thioether (sulfide) groups is 1. The summed E-state index contributed by atoms with van der Waals surface area (Å²) in [4.78, 5) is 15.0. The van der Waals surface area contributed by atoms with Crippen LogP contribution in [-0.4, -0.2) is 30.2 Å². The van der Waals surface area contributed by atoms with Gasteiger partial charge in [-0.15, -0.1) is 21.5 Å². The molecule has 2 aromatic rings. The van der Waals surface area contributed by atoms with Gasteiger partial charge in [0.05, 0.1) is 4.88 Å². The highest BCUT2D eigenvalue weighted by atomic mass is 32.2. The third-order valence-electron chi connectivity index (χ3n) is 2.13. The van der Waals surface area contributed by atoms with Crippen LogP contribution in [0.25, 0.3) is 0 Å². The summed E-state index contributed by atoms with van der Waals surface area (Å²) in [5.41, 5.74) is 2.12. The van der Waals surface area contributed by atoms with E-state index >= 15 is 0 Å². The number of hydrogen-bond donors (Lipinski definition) is 2. The van der Waals surface area contributed by atoms with Gasteiger partial charge in [0.25, 0.3) is 5.91 Å². The first-order valence-corrected chi connectivity index (χ1v) is 7.95. The second-order valence-electron chi connectivity index (χ2n) is 3.77. The molecule has 0 saturated carbocycles. The minimum absolute atomic E-state index is 0.257. The topological polar surface area (TPSA) is 84.1 Å². The van der Waals surface area contributed by atoms with E-state index in [4.69, 9.17) is 5.84 Å². The molecule has 0 aliphatic rings. The molecule has 2 heterocycles. The molecule has 0 radical (unpaired) electrons. The average Bonchev–Trinajstić information content (AvgIpc) is 3.04. The number of rotatable bonds is 5. The molecule has 0 aliphatic heterocycles. The lowest BCUT2D eigenvalue weighted by Crippen LogP contribution is -2.29. The van der Waals surface area contributed by atoms with Crippen LogP contribution in [0.5, 0.6) is 0 Å². The smallest absolute Gasteiger partial charge is 0.275 e. The zero-order valence-corrected chi connectivity index (χ0v) is 12.9. The van der Waals surface area contributed by atoms with E-state index in [1.54, 1.807) is 29.2 Å². The summed E-state index contributed by atoms with van der Waals surface area (Å²) in [6.07, 6.45) is 0. The summed E-state index contributed by atoms with van der Waals surface area (Å²) in [5, 5.41) is 9.06. The van der Waals surface area contributed by atoms with Crippen molar-refractivity contribution < 1.29 is 4.79 Å². The highest BCUT2D eigenvalue weighted by Gasteiger charge is 2.10. The maximum atomic E-state index is 11.3. The van der Waals surface area contributed by atoms with Gasteiger partial charge in [0.1, 0.15) is 0 Å². The molecule has 102 valence electrons. The number of nitrogen functional groups attached to an aromatic ring is 1. The third kappa shape index (κ3) is 3.66. The summed E-state index contributed by atoms with van der Waals surface area (Å²) >= 11 is 4.59. The molecule has 3 N–H and O–H groups in total. The summed E-state index contributed by atoms with van der Waals surface area (Å²) in [5.74, 6) is 5.60. The van der Waals surface area contributed by atoms with Crippen molar-refractivity contribution in [3.63, 3.8) is 0 Å². The molecule has 0 saturated heterocycles. The predicted octanol–water partition coefficient (Wildman–Crippen LogP) is 1.56. The van der Waals surface area contributed by atoms with Crippen molar-refractivity contribution >= 4 is 45.5 Å². The molecule has 0 fully saturated rings. The fourth-order valence-electron chi connectivity index (χ4n) is 1.22. The Hall–Kier alpha value is -1.16. The number of amides is 1. The van der Waals surface area contributed by atoms with Gasteiger partial charge < -0.3 is 4.90 Å². The number of hydrazine groups is 1. The van der Waals surface area contributed by atoms with Crippen LogP contribution >= 0.6 is 34.4 Å². The van der Waals surface area contributed by atoms with Crippen molar-refractivity contribution in [2.24, 2.45) is 5.84 Å². The molecule has 9 heteroatoms. The lowest BCUT2D eigenvalue weighted by atomic mass is 10.4. The summed E-state index contributed by atoms with van der Waals surface area (Å²) in [7, 11) is 3.87. The maximum absolute atomic E-state index is 11.3. The number of nitrogens with zero attached hydrogens (tertiary/aromatic N) is 3. The van der Waals surface area contributed by atoms with Gasteiger partial charge >= 0.3 is 0 Å². The zero-order chi connectivity index (χ0) is 13.8. The quantitative estimate of drug-likeness (QED) is 0.377. The minimum atomic E-state index is -0.257. The van der Waals surface area contributed by atoms with E-state index in [0.29, 0.717) is 4.88 Å². The van der Waals surface area contributed by atoms with Gasteiger partial charge in [-0.3, -0.25) is 10.2 Å². The molecule has 0 aromatic carbocycles. The van der Waals surface area contributed by atoms with Gasteiger partial charge in [-0.2, -0.15) is 0 Å². The molecule has 19 heavy (non-hydrogen) atoms. The molecule has 0 unspecified atom stereocenters. The third-order valence-corrected chi connectivity index (χ3v) is 5.67. The van der Waals surface area contributed by atoms with Gasteiger partial charge in [-0.05, 0) is 12.1 Å². The van der Waals surface area contributed by atoms with Gasteiger partial charge in [0, 0.05) is 24.7 Å². The standard InChI is InChI=1S/C10H13N5OS3/c1-15(2)9-13-14-10(19-9)17-5-6-3-4-7(18-6)8(16)12-11/h3-4H,5,11H2,1-2H3,(H,12,16). The molecule has 0 aliphatic carbocycles. The number of thiophene rings is 1. The van der Waals surface area contributed by atoms with E-state index < -0.39 is 0 Å². The highest BCUT2D eigenvalue weighted by molar-refractivity contribution is 8.00. The number of carbonyl (C=O) groups is 1. The number of nitrogens with one attached hydrogen (secondary N) is 1. The van der Waals surface area contributed by atoms with E-state index in [9.17, 15) is 4.79 Å².